The van der Waals surface area contributed by atoms with Crippen molar-refractivity contribution in [1.82, 2.24) is 5.43 Å². The summed E-state index contributed by atoms with van der Waals surface area (Å²) >= 11 is 9.63. The molecular weight excluding hydrogens is 324 g/mol. The highest BCUT2D eigenvalue weighted by Gasteiger charge is 2.16. The largest absolute Gasteiger partial charge is 0.271 e. The van der Waals surface area contributed by atoms with Crippen molar-refractivity contribution in [2.24, 2.45) is 5.84 Å². The van der Waals surface area contributed by atoms with Gasteiger partial charge in [0.05, 0.1) is 6.04 Å². The predicted octanol–water partition coefficient (Wildman–Crippen LogP) is 4.27. The Morgan fingerprint density at radius 2 is 1.74 bits per heavy atom. The fourth-order valence-corrected chi connectivity index (χ4v) is 2.93. The molecule has 2 aromatic carbocycles. The molecule has 0 saturated heterocycles. The summed E-state index contributed by atoms with van der Waals surface area (Å²) in [5.41, 5.74) is 7.46. The average Bonchev–Trinajstić information content (AvgIpc) is 2.33. The van der Waals surface area contributed by atoms with Gasteiger partial charge in [-0.05, 0) is 43.2 Å². The van der Waals surface area contributed by atoms with Crippen LogP contribution in [-0.2, 0) is 0 Å². The summed E-state index contributed by atoms with van der Waals surface area (Å²) in [6.07, 6.45) is 0. The molecule has 19 heavy (non-hydrogen) atoms. The van der Waals surface area contributed by atoms with Crippen LogP contribution in [0.5, 0.6) is 0 Å². The van der Waals surface area contributed by atoms with Gasteiger partial charge in [0, 0.05) is 9.50 Å². The smallest absolute Gasteiger partial charge is 0.0721 e. The van der Waals surface area contributed by atoms with Crippen LogP contribution in [0.2, 0.25) is 5.02 Å². The first-order valence-electron chi connectivity index (χ1n) is 6.00. The van der Waals surface area contributed by atoms with Gasteiger partial charge in [0.1, 0.15) is 0 Å². The lowest BCUT2D eigenvalue weighted by Gasteiger charge is -2.20. The lowest BCUT2D eigenvalue weighted by atomic mass is 9.96. The van der Waals surface area contributed by atoms with Crippen LogP contribution in [0.4, 0.5) is 0 Å². The number of nitrogens with one attached hydrogen (secondary N) is 1. The second-order valence-electron chi connectivity index (χ2n) is 4.69. The second kappa shape index (κ2) is 6.06. The molecule has 0 heterocycles. The van der Waals surface area contributed by atoms with Crippen molar-refractivity contribution in [2.45, 2.75) is 19.9 Å². The van der Waals surface area contributed by atoms with Crippen LogP contribution in [0.1, 0.15) is 28.3 Å². The maximum Gasteiger partial charge on any atom is 0.0721 e. The minimum Gasteiger partial charge on any atom is -0.271 e. The summed E-state index contributed by atoms with van der Waals surface area (Å²) in [6, 6.07) is 12.0. The Kier molecular flexibility index (Phi) is 4.63. The van der Waals surface area contributed by atoms with E-state index in [2.05, 4.69) is 53.4 Å². The molecule has 0 aromatic heterocycles. The summed E-state index contributed by atoms with van der Waals surface area (Å²) in [6.45, 7) is 4.16. The molecule has 2 rings (SSSR count). The zero-order valence-electron chi connectivity index (χ0n) is 10.9. The summed E-state index contributed by atoms with van der Waals surface area (Å²) in [4.78, 5) is 0. The van der Waals surface area contributed by atoms with Gasteiger partial charge < -0.3 is 0 Å². The number of halogens is 2. The highest BCUT2D eigenvalue weighted by Crippen LogP contribution is 2.31. The van der Waals surface area contributed by atoms with Gasteiger partial charge in [-0.2, -0.15) is 0 Å². The topological polar surface area (TPSA) is 38.0 Å². The maximum absolute atomic E-state index is 6.08. The van der Waals surface area contributed by atoms with Gasteiger partial charge in [0.25, 0.3) is 0 Å². The Morgan fingerprint density at radius 3 is 2.32 bits per heavy atom. The molecule has 0 aliphatic rings. The van der Waals surface area contributed by atoms with Gasteiger partial charge >= 0.3 is 0 Å². The van der Waals surface area contributed by atoms with E-state index in [1.54, 1.807) is 0 Å². The second-order valence-corrected chi connectivity index (χ2v) is 5.98. The molecule has 0 radical (unpaired) electrons. The van der Waals surface area contributed by atoms with Gasteiger partial charge in [0.15, 0.2) is 0 Å². The number of rotatable bonds is 3. The van der Waals surface area contributed by atoms with Crippen LogP contribution in [0.25, 0.3) is 0 Å². The summed E-state index contributed by atoms with van der Waals surface area (Å²) in [5, 5.41) is 0.697. The summed E-state index contributed by atoms with van der Waals surface area (Å²) < 4.78 is 0.985. The van der Waals surface area contributed by atoms with E-state index < -0.39 is 0 Å². The van der Waals surface area contributed by atoms with E-state index in [1.165, 1.54) is 11.1 Å². The lowest BCUT2D eigenvalue weighted by molar-refractivity contribution is 0.634. The number of hydrogen-bond acceptors (Lipinski definition) is 2. The summed E-state index contributed by atoms with van der Waals surface area (Å²) in [7, 11) is 0. The molecule has 0 spiro atoms. The van der Waals surface area contributed by atoms with Crippen LogP contribution in [0, 0.1) is 13.8 Å². The van der Waals surface area contributed by atoms with Gasteiger partial charge in [-0.1, -0.05) is 56.9 Å². The Morgan fingerprint density at radius 1 is 1.11 bits per heavy atom. The SMILES string of the molecule is Cc1cc(C)cc(C(NN)c2cc(Cl)ccc2Br)c1. The van der Waals surface area contributed by atoms with E-state index in [9.17, 15) is 0 Å². The first-order valence-corrected chi connectivity index (χ1v) is 7.17. The highest BCUT2D eigenvalue weighted by atomic mass is 79.9. The molecule has 0 saturated carbocycles. The molecule has 1 unspecified atom stereocenters. The van der Waals surface area contributed by atoms with Crippen LogP contribution in [-0.4, -0.2) is 0 Å². The minimum absolute atomic E-state index is 0.0910. The van der Waals surface area contributed by atoms with Gasteiger partial charge in [-0.25, -0.2) is 5.43 Å². The normalized spacial score (nSPS) is 12.5. The molecule has 0 aliphatic carbocycles. The number of nitrogens with two attached hydrogens (primary N) is 1. The average molecular weight is 340 g/mol. The Hall–Kier alpha value is -0.870. The predicted molar refractivity (Wildman–Crippen MR) is 84.2 cm³/mol. The van der Waals surface area contributed by atoms with Crippen molar-refractivity contribution in [3.8, 4) is 0 Å². The van der Waals surface area contributed by atoms with Gasteiger partial charge in [-0.3, -0.25) is 5.84 Å². The van der Waals surface area contributed by atoms with Crippen LogP contribution < -0.4 is 11.3 Å². The molecule has 2 nitrogen and oxygen atoms in total. The lowest BCUT2D eigenvalue weighted by Crippen LogP contribution is -2.29. The molecule has 0 amide bonds. The maximum atomic E-state index is 6.08. The van der Waals surface area contributed by atoms with Crippen LogP contribution in [0.3, 0.4) is 0 Å². The van der Waals surface area contributed by atoms with Crippen molar-refractivity contribution in [2.75, 3.05) is 0 Å². The molecule has 4 heteroatoms. The Labute approximate surface area is 127 Å². The van der Waals surface area contributed by atoms with E-state index in [-0.39, 0.29) is 6.04 Å². The highest BCUT2D eigenvalue weighted by molar-refractivity contribution is 9.10. The molecule has 0 aliphatic heterocycles. The van der Waals surface area contributed by atoms with E-state index in [1.807, 2.05) is 18.2 Å². The zero-order valence-corrected chi connectivity index (χ0v) is 13.2. The van der Waals surface area contributed by atoms with Crippen molar-refractivity contribution in [3.63, 3.8) is 0 Å². The third-order valence-electron chi connectivity index (χ3n) is 3.01. The molecule has 0 fully saturated rings. The van der Waals surface area contributed by atoms with Crippen molar-refractivity contribution in [3.05, 3.63) is 68.1 Å². The van der Waals surface area contributed by atoms with Crippen molar-refractivity contribution >= 4 is 27.5 Å². The third-order valence-corrected chi connectivity index (χ3v) is 3.97. The molecular formula is C15H16BrClN2. The van der Waals surface area contributed by atoms with E-state index in [0.29, 0.717) is 5.02 Å². The Bertz CT molecular complexity index is 578. The van der Waals surface area contributed by atoms with E-state index >= 15 is 0 Å². The van der Waals surface area contributed by atoms with Gasteiger partial charge in [-0.15, -0.1) is 0 Å². The molecule has 2 aromatic rings. The number of hydrogen-bond donors (Lipinski definition) is 2. The quantitative estimate of drug-likeness (QED) is 0.647. The fraction of sp³-hybridized carbons (Fsp3) is 0.200. The molecule has 0 bridgehead atoms. The number of aryl methyl sites for hydroxylation is 2. The van der Waals surface area contributed by atoms with E-state index in [0.717, 1.165) is 15.6 Å². The standard InChI is InChI=1S/C15H16BrClN2/c1-9-5-10(2)7-11(6-9)15(19-18)13-8-12(17)3-4-14(13)16/h3-8,15,19H,18H2,1-2H3. The van der Waals surface area contributed by atoms with Crippen molar-refractivity contribution < 1.29 is 0 Å². The van der Waals surface area contributed by atoms with E-state index in [4.69, 9.17) is 17.4 Å². The molecule has 100 valence electrons. The van der Waals surface area contributed by atoms with Crippen LogP contribution in [0.15, 0.2) is 40.9 Å². The van der Waals surface area contributed by atoms with Crippen molar-refractivity contribution in [1.29, 1.82) is 0 Å². The number of hydrazine groups is 1. The third kappa shape index (κ3) is 3.37. The fourth-order valence-electron chi connectivity index (χ4n) is 2.28. The zero-order chi connectivity index (χ0) is 14.0. The molecule has 1 atom stereocenters. The first-order chi connectivity index (χ1) is 9.01. The van der Waals surface area contributed by atoms with Gasteiger partial charge in [0.2, 0.25) is 0 Å². The van der Waals surface area contributed by atoms with Crippen LogP contribution >= 0.6 is 27.5 Å². The monoisotopic (exact) mass is 338 g/mol. The first kappa shape index (κ1) is 14.5. The summed E-state index contributed by atoms with van der Waals surface area (Å²) in [5.74, 6) is 5.74. The Balaban J connectivity index is 2.52. The molecule has 3 N–H and O–H groups in total. The minimum atomic E-state index is -0.0910. The number of benzene rings is 2.